The van der Waals surface area contributed by atoms with E-state index in [1.165, 1.54) is 0 Å². The van der Waals surface area contributed by atoms with Gasteiger partial charge < -0.3 is 9.30 Å². The van der Waals surface area contributed by atoms with Crippen molar-refractivity contribution in [3.05, 3.63) is 30.1 Å². The molecule has 0 radical (unpaired) electrons. The summed E-state index contributed by atoms with van der Waals surface area (Å²) in [4.78, 5) is 0. The molecule has 2 aromatic heterocycles. The lowest BCUT2D eigenvalue weighted by Crippen LogP contribution is -2.25. The Labute approximate surface area is 106 Å². The van der Waals surface area contributed by atoms with E-state index in [1.54, 1.807) is 6.20 Å². The van der Waals surface area contributed by atoms with Crippen LogP contribution in [0, 0.1) is 0 Å². The summed E-state index contributed by atoms with van der Waals surface area (Å²) in [6, 6.07) is 2.30. The van der Waals surface area contributed by atoms with Gasteiger partial charge in [0.2, 0.25) is 0 Å². The van der Waals surface area contributed by atoms with Gasteiger partial charge in [-0.05, 0) is 12.5 Å². The highest BCUT2D eigenvalue weighted by Gasteiger charge is 2.23. The molecule has 0 aliphatic carbocycles. The molecule has 0 N–H and O–H groups in total. The number of hydrogen-bond donors (Lipinski definition) is 0. The third-order valence-electron chi connectivity index (χ3n) is 3.34. The van der Waals surface area contributed by atoms with Crippen molar-refractivity contribution in [2.75, 3.05) is 6.61 Å². The average molecular weight is 247 g/mol. The predicted molar refractivity (Wildman–Crippen MR) is 64.9 cm³/mol. The number of aryl methyl sites for hydroxylation is 2. The standard InChI is InChI=1S/C12H17N5O/c1-2-10-8-18-9-12-15-14-11(17(10)12)4-7-16-6-3-5-13-16/h3,5-6,10H,2,4,7-9H2,1H3. The predicted octanol–water partition coefficient (Wildman–Crippen LogP) is 1.20. The van der Waals surface area contributed by atoms with E-state index in [9.17, 15) is 0 Å². The number of nitrogens with zero attached hydrogens (tertiary/aromatic N) is 5. The lowest BCUT2D eigenvalue weighted by atomic mass is 10.2. The molecule has 1 unspecified atom stereocenters. The molecule has 6 nitrogen and oxygen atoms in total. The van der Waals surface area contributed by atoms with Gasteiger partial charge in [-0.2, -0.15) is 5.10 Å². The van der Waals surface area contributed by atoms with Crippen molar-refractivity contribution in [1.82, 2.24) is 24.5 Å². The van der Waals surface area contributed by atoms with Crippen LogP contribution in [-0.4, -0.2) is 31.2 Å². The number of rotatable bonds is 4. The fourth-order valence-corrected chi connectivity index (χ4v) is 2.36. The summed E-state index contributed by atoms with van der Waals surface area (Å²) in [7, 11) is 0. The molecule has 1 aliphatic rings. The normalized spacial score (nSPS) is 18.8. The minimum absolute atomic E-state index is 0.372. The Kier molecular flexibility index (Phi) is 3.10. The third-order valence-corrected chi connectivity index (χ3v) is 3.34. The zero-order valence-corrected chi connectivity index (χ0v) is 10.5. The Bertz CT molecular complexity index is 505. The van der Waals surface area contributed by atoms with E-state index in [-0.39, 0.29) is 0 Å². The molecule has 0 bridgehead atoms. The number of hydrogen-bond acceptors (Lipinski definition) is 4. The van der Waals surface area contributed by atoms with Gasteiger partial charge in [-0.3, -0.25) is 4.68 Å². The first-order chi connectivity index (χ1) is 8.88. The first kappa shape index (κ1) is 11.4. The monoisotopic (exact) mass is 247 g/mol. The van der Waals surface area contributed by atoms with Crippen LogP contribution in [0.15, 0.2) is 18.5 Å². The maximum Gasteiger partial charge on any atom is 0.159 e. The van der Waals surface area contributed by atoms with Crippen molar-refractivity contribution in [2.24, 2.45) is 0 Å². The molecule has 0 amide bonds. The van der Waals surface area contributed by atoms with Crippen LogP contribution in [-0.2, 0) is 24.3 Å². The highest BCUT2D eigenvalue weighted by atomic mass is 16.5. The Morgan fingerprint density at radius 3 is 3.17 bits per heavy atom. The van der Waals surface area contributed by atoms with Gasteiger partial charge in [0.25, 0.3) is 0 Å². The molecule has 2 aromatic rings. The highest BCUT2D eigenvalue weighted by molar-refractivity contribution is 5.00. The van der Waals surface area contributed by atoms with Gasteiger partial charge in [0.15, 0.2) is 5.82 Å². The molecular formula is C12H17N5O. The summed E-state index contributed by atoms with van der Waals surface area (Å²) in [6.07, 6.45) is 5.65. The van der Waals surface area contributed by atoms with Crippen LogP contribution in [0.3, 0.4) is 0 Å². The fraction of sp³-hybridized carbons (Fsp3) is 0.583. The minimum Gasteiger partial charge on any atom is -0.371 e. The van der Waals surface area contributed by atoms with Gasteiger partial charge in [0.05, 0.1) is 12.6 Å². The lowest BCUT2D eigenvalue weighted by Gasteiger charge is -2.25. The molecule has 6 heteroatoms. The van der Waals surface area contributed by atoms with E-state index >= 15 is 0 Å². The van der Waals surface area contributed by atoms with Crippen LogP contribution < -0.4 is 0 Å². The van der Waals surface area contributed by atoms with Crippen LogP contribution in [0.4, 0.5) is 0 Å². The van der Waals surface area contributed by atoms with Crippen LogP contribution in [0.5, 0.6) is 0 Å². The Balaban J connectivity index is 1.78. The van der Waals surface area contributed by atoms with E-state index in [1.807, 2.05) is 16.9 Å². The summed E-state index contributed by atoms with van der Waals surface area (Å²) >= 11 is 0. The summed E-state index contributed by atoms with van der Waals surface area (Å²) < 4.78 is 9.68. The molecule has 3 heterocycles. The largest absolute Gasteiger partial charge is 0.371 e. The zero-order chi connectivity index (χ0) is 12.4. The SMILES string of the molecule is CCC1COCc2nnc(CCn3cccn3)n21. The smallest absolute Gasteiger partial charge is 0.159 e. The van der Waals surface area contributed by atoms with E-state index in [0.29, 0.717) is 12.6 Å². The maximum absolute atomic E-state index is 5.52. The van der Waals surface area contributed by atoms with Crippen molar-refractivity contribution in [3.8, 4) is 0 Å². The molecule has 1 aliphatic heterocycles. The van der Waals surface area contributed by atoms with Crippen molar-refractivity contribution >= 4 is 0 Å². The molecule has 0 saturated heterocycles. The molecule has 18 heavy (non-hydrogen) atoms. The minimum atomic E-state index is 0.372. The van der Waals surface area contributed by atoms with Crippen LogP contribution in [0.25, 0.3) is 0 Å². The molecule has 3 rings (SSSR count). The average Bonchev–Trinajstić information content (AvgIpc) is 3.05. The second-order valence-electron chi connectivity index (χ2n) is 4.50. The maximum atomic E-state index is 5.52. The van der Waals surface area contributed by atoms with E-state index in [0.717, 1.165) is 37.6 Å². The van der Waals surface area contributed by atoms with Crippen LogP contribution in [0.2, 0.25) is 0 Å². The quantitative estimate of drug-likeness (QED) is 0.814. The molecule has 0 fully saturated rings. The van der Waals surface area contributed by atoms with Crippen molar-refractivity contribution in [3.63, 3.8) is 0 Å². The van der Waals surface area contributed by atoms with Gasteiger partial charge in [-0.25, -0.2) is 0 Å². The summed E-state index contributed by atoms with van der Waals surface area (Å²) in [5.41, 5.74) is 0. The van der Waals surface area contributed by atoms with E-state index in [4.69, 9.17) is 4.74 Å². The van der Waals surface area contributed by atoms with Crippen LogP contribution >= 0.6 is 0 Å². The number of aromatic nitrogens is 5. The summed E-state index contributed by atoms with van der Waals surface area (Å²) in [5, 5.41) is 12.7. The highest BCUT2D eigenvalue weighted by Crippen LogP contribution is 2.22. The molecule has 0 aromatic carbocycles. The Hall–Kier alpha value is -1.69. The molecule has 0 spiro atoms. The molecule has 1 atom stereocenters. The lowest BCUT2D eigenvalue weighted by molar-refractivity contribution is 0.0523. The second-order valence-corrected chi connectivity index (χ2v) is 4.50. The summed E-state index contributed by atoms with van der Waals surface area (Å²) in [6.45, 7) is 4.34. The van der Waals surface area contributed by atoms with Gasteiger partial charge in [-0.15, -0.1) is 10.2 Å². The van der Waals surface area contributed by atoms with Crippen molar-refractivity contribution in [2.45, 2.75) is 39.0 Å². The zero-order valence-electron chi connectivity index (χ0n) is 10.5. The first-order valence-electron chi connectivity index (χ1n) is 6.36. The molecular weight excluding hydrogens is 230 g/mol. The van der Waals surface area contributed by atoms with E-state index in [2.05, 4.69) is 26.8 Å². The molecule has 96 valence electrons. The number of fused-ring (bicyclic) bond motifs is 1. The number of ether oxygens (including phenoxy) is 1. The van der Waals surface area contributed by atoms with E-state index < -0.39 is 0 Å². The van der Waals surface area contributed by atoms with Gasteiger partial charge in [-0.1, -0.05) is 6.92 Å². The van der Waals surface area contributed by atoms with Crippen LogP contribution in [0.1, 0.15) is 31.0 Å². The Morgan fingerprint density at radius 2 is 2.39 bits per heavy atom. The first-order valence-corrected chi connectivity index (χ1v) is 6.36. The third kappa shape index (κ3) is 2.03. The van der Waals surface area contributed by atoms with Gasteiger partial charge in [0.1, 0.15) is 12.4 Å². The molecule has 0 saturated carbocycles. The van der Waals surface area contributed by atoms with Gasteiger partial charge in [0, 0.05) is 25.4 Å². The van der Waals surface area contributed by atoms with Crippen molar-refractivity contribution in [1.29, 1.82) is 0 Å². The Morgan fingerprint density at radius 1 is 1.44 bits per heavy atom. The summed E-state index contributed by atoms with van der Waals surface area (Å²) in [5.74, 6) is 1.99. The van der Waals surface area contributed by atoms with Crippen molar-refractivity contribution < 1.29 is 4.74 Å². The van der Waals surface area contributed by atoms with Gasteiger partial charge >= 0.3 is 0 Å². The second kappa shape index (κ2) is 4.89. The fourth-order valence-electron chi connectivity index (χ4n) is 2.36. The topological polar surface area (TPSA) is 57.8 Å².